The van der Waals surface area contributed by atoms with Gasteiger partial charge in [-0.2, -0.15) is 26.3 Å². The van der Waals surface area contributed by atoms with Crippen molar-refractivity contribution < 1.29 is 54.2 Å². The molecule has 1 aliphatic rings. The number of rotatable bonds is 10. The van der Waals surface area contributed by atoms with Crippen molar-refractivity contribution in [2.24, 2.45) is 5.92 Å². The summed E-state index contributed by atoms with van der Waals surface area (Å²) in [7, 11) is 0. The molecular weight excluding hydrogens is 420 g/mol. The van der Waals surface area contributed by atoms with E-state index in [4.69, 9.17) is 4.74 Å². The van der Waals surface area contributed by atoms with E-state index in [1.807, 2.05) is 0 Å². The van der Waals surface area contributed by atoms with E-state index in [0.717, 1.165) is 12.8 Å². The van der Waals surface area contributed by atoms with Gasteiger partial charge in [-0.1, -0.05) is 6.92 Å². The summed E-state index contributed by atoms with van der Waals surface area (Å²) >= 11 is 0. The van der Waals surface area contributed by atoms with Gasteiger partial charge < -0.3 is 9.47 Å². The maximum Gasteiger partial charge on any atom is 0.381 e. The number of ether oxygens (including phenoxy) is 2. The van der Waals surface area contributed by atoms with Gasteiger partial charge in [0.1, 0.15) is 6.10 Å². The molecule has 0 amide bonds. The molecule has 0 radical (unpaired) electrons. The fourth-order valence-corrected chi connectivity index (χ4v) is 2.68. The molecular formula is C17H22F8O4. The highest BCUT2D eigenvalue weighted by molar-refractivity contribution is 5.72. The van der Waals surface area contributed by atoms with E-state index < -0.39 is 49.2 Å². The van der Waals surface area contributed by atoms with Crippen LogP contribution < -0.4 is 0 Å². The van der Waals surface area contributed by atoms with E-state index in [2.05, 4.69) is 11.7 Å². The predicted molar refractivity (Wildman–Crippen MR) is 83.2 cm³/mol. The molecule has 0 heterocycles. The van der Waals surface area contributed by atoms with E-state index in [-0.39, 0.29) is 18.9 Å². The molecule has 1 saturated carbocycles. The largest absolute Gasteiger partial charge is 0.462 e. The van der Waals surface area contributed by atoms with Gasteiger partial charge in [-0.25, -0.2) is 8.78 Å². The molecule has 0 unspecified atom stereocenters. The molecule has 0 bridgehead atoms. The third-order valence-corrected chi connectivity index (χ3v) is 4.59. The molecule has 0 aliphatic heterocycles. The third kappa shape index (κ3) is 6.70. The molecule has 29 heavy (non-hydrogen) atoms. The molecule has 0 atom stereocenters. The van der Waals surface area contributed by atoms with Crippen molar-refractivity contribution in [3.8, 4) is 0 Å². The normalized spacial score (nSPS) is 21.2. The van der Waals surface area contributed by atoms with Crippen molar-refractivity contribution in [1.29, 1.82) is 0 Å². The molecule has 0 saturated heterocycles. The Balaban J connectivity index is 2.38. The summed E-state index contributed by atoms with van der Waals surface area (Å²) in [6.45, 7) is -0.441. The van der Waals surface area contributed by atoms with Gasteiger partial charge in [0, 0.05) is 12.8 Å². The Morgan fingerprint density at radius 3 is 1.97 bits per heavy atom. The molecule has 1 aliphatic carbocycles. The average molecular weight is 442 g/mol. The highest BCUT2D eigenvalue weighted by Gasteiger charge is 2.75. The lowest BCUT2D eigenvalue weighted by Crippen LogP contribution is -2.59. The highest BCUT2D eigenvalue weighted by Crippen LogP contribution is 2.48. The topological polar surface area (TPSA) is 52.6 Å². The number of carbonyl (C=O) groups excluding carboxylic acids is 2. The smallest absolute Gasteiger partial charge is 0.381 e. The second kappa shape index (κ2) is 9.92. The molecule has 1 rings (SSSR count). The van der Waals surface area contributed by atoms with Crippen molar-refractivity contribution in [2.45, 2.75) is 82.2 Å². The zero-order chi connectivity index (χ0) is 22.5. The third-order valence-electron chi connectivity index (χ3n) is 4.59. The predicted octanol–water partition coefficient (Wildman–Crippen LogP) is 4.99. The standard InChI is InChI=1S/C17H22F8O4/c1-10-5-7-11(8-6-10)29-13(27)4-2-3-12(26)28-9-15(20,21)17(24,25)16(22,23)14(18)19/h10-11,14H,2-9H2,1H3. The summed E-state index contributed by atoms with van der Waals surface area (Å²) in [5.41, 5.74) is 0. The lowest BCUT2D eigenvalue weighted by atomic mass is 9.89. The van der Waals surface area contributed by atoms with Gasteiger partial charge in [0.2, 0.25) is 0 Å². The number of hydrogen-bond acceptors (Lipinski definition) is 4. The van der Waals surface area contributed by atoms with Crippen LogP contribution in [0.3, 0.4) is 0 Å². The van der Waals surface area contributed by atoms with Gasteiger partial charge in [0.15, 0.2) is 6.61 Å². The summed E-state index contributed by atoms with van der Waals surface area (Å²) in [5.74, 6) is -20.0. The number of esters is 2. The first kappa shape index (κ1) is 25.4. The molecule has 0 aromatic rings. The highest BCUT2D eigenvalue weighted by atomic mass is 19.4. The van der Waals surface area contributed by atoms with Crippen molar-refractivity contribution >= 4 is 11.9 Å². The van der Waals surface area contributed by atoms with Crippen molar-refractivity contribution in [3.05, 3.63) is 0 Å². The van der Waals surface area contributed by atoms with Crippen LogP contribution in [-0.4, -0.2) is 48.8 Å². The van der Waals surface area contributed by atoms with Crippen LogP contribution in [0, 0.1) is 5.92 Å². The van der Waals surface area contributed by atoms with Crippen LogP contribution in [0.15, 0.2) is 0 Å². The minimum atomic E-state index is -6.43. The summed E-state index contributed by atoms with van der Waals surface area (Å²) in [6, 6.07) is 0. The zero-order valence-electron chi connectivity index (χ0n) is 15.5. The quantitative estimate of drug-likeness (QED) is 0.353. The van der Waals surface area contributed by atoms with Crippen molar-refractivity contribution in [1.82, 2.24) is 0 Å². The lowest BCUT2D eigenvalue weighted by molar-refractivity contribution is -0.344. The summed E-state index contributed by atoms with van der Waals surface area (Å²) in [4.78, 5) is 23.0. The molecule has 4 nitrogen and oxygen atoms in total. The minimum Gasteiger partial charge on any atom is -0.462 e. The second-order valence-electron chi connectivity index (χ2n) is 7.09. The Labute approximate surface area is 161 Å². The maximum atomic E-state index is 13.2. The van der Waals surface area contributed by atoms with Crippen LogP contribution in [0.1, 0.15) is 51.9 Å². The van der Waals surface area contributed by atoms with Crippen LogP contribution in [-0.2, 0) is 19.1 Å². The van der Waals surface area contributed by atoms with Gasteiger partial charge in [-0.15, -0.1) is 0 Å². The Kier molecular flexibility index (Phi) is 8.70. The first-order chi connectivity index (χ1) is 13.2. The maximum absolute atomic E-state index is 13.2. The monoisotopic (exact) mass is 442 g/mol. The SMILES string of the molecule is CC1CCC(OC(=O)CCCC(=O)OCC(F)(F)C(F)(F)C(F)(F)C(F)F)CC1. The van der Waals surface area contributed by atoms with Crippen LogP contribution in [0.5, 0.6) is 0 Å². The van der Waals surface area contributed by atoms with Gasteiger partial charge in [-0.05, 0) is 38.0 Å². The molecule has 0 aromatic carbocycles. The van der Waals surface area contributed by atoms with E-state index >= 15 is 0 Å². The van der Waals surface area contributed by atoms with E-state index in [9.17, 15) is 44.7 Å². The van der Waals surface area contributed by atoms with Crippen LogP contribution in [0.4, 0.5) is 35.1 Å². The summed E-state index contributed by atoms with van der Waals surface area (Å²) < 4.78 is 111. The molecule has 0 spiro atoms. The average Bonchev–Trinajstić information content (AvgIpc) is 2.61. The number of halogens is 8. The molecule has 170 valence electrons. The molecule has 0 aromatic heterocycles. The van der Waals surface area contributed by atoms with Crippen LogP contribution >= 0.6 is 0 Å². The molecule has 0 N–H and O–H groups in total. The Morgan fingerprint density at radius 1 is 0.931 bits per heavy atom. The summed E-state index contributed by atoms with van der Waals surface area (Å²) in [6.07, 6.45) is -3.23. The van der Waals surface area contributed by atoms with E-state index in [1.54, 1.807) is 0 Å². The fourth-order valence-electron chi connectivity index (χ4n) is 2.68. The Morgan fingerprint density at radius 2 is 1.45 bits per heavy atom. The number of alkyl halides is 8. The van der Waals surface area contributed by atoms with Gasteiger partial charge in [-0.3, -0.25) is 9.59 Å². The number of hydrogen-bond donors (Lipinski definition) is 0. The first-order valence-electron chi connectivity index (χ1n) is 8.97. The van der Waals surface area contributed by atoms with Crippen molar-refractivity contribution in [3.63, 3.8) is 0 Å². The zero-order valence-corrected chi connectivity index (χ0v) is 15.5. The van der Waals surface area contributed by atoms with E-state index in [1.165, 1.54) is 0 Å². The minimum absolute atomic E-state index is 0.212. The number of carbonyl (C=O) groups is 2. The van der Waals surface area contributed by atoms with Crippen LogP contribution in [0.25, 0.3) is 0 Å². The van der Waals surface area contributed by atoms with Crippen LogP contribution in [0.2, 0.25) is 0 Å². The van der Waals surface area contributed by atoms with Gasteiger partial charge >= 0.3 is 36.1 Å². The lowest BCUT2D eigenvalue weighted by Gasteiger charge is -2.31. The first-order valence-corrected chi connectivity index (χ1v) is 8.97. The second-order valence-corrected chi connectivity index (χ2v) is 7.09. The van der Waals surface area contributed by atoms with Gasteiger partial charge in [0.05, 0.1) is 0 Å². The Bertz CT molecular complexity index is 560. The summed E-state index contributed by atoms with van der Waals surface area (Å²) in [5, 5.41) is 0. The van der Waals surface area contributed by atoms with Crippen molar-refractivity contribution in [2.75, 3.05) is 6.61 Å². The Hall–Kier alpha value is -1.62. The fraction of sp³-hybridized carbons (Fsp3) is 0.882. The molecule has 1 fully saturated rings. The molecule has 12 heteroatoms. The van der Waals surface area contributed by atoms with Gasteiger partial charge in [0.25, 0.3) is 0 Å². The van der Waals surface area contributed by atoms with E-state index in [0.29, 0.717) is 18.8 Å².